The molecule has 2 aliphatic heterocycles. The highest BCUT2D eigenvalue weighted by molar-refractivity contribution is 5.45. The Balaban J connectivity index is 1.92. The molecule has 2 heterocycles. The molecular weight excluding hydrogens is 186 g/mol. The molecule has 1 aromatic carbocycles. The van der Waals surface area contributed by atoms with Crippen LogP contribution in [0.2, 0.25) is 0 Å². The SMILES string of the molecule is Nc1ccc2c(c1)CN1CCNCC1C2. The first-order valence-corrected chi connectivity index (χ1v) is 5.65. The van der Waals surface area contributed by atoms with Crippen molar-refractivity contribution in [2.75, 3.05) is 25.4 Å². The lowest BCUT2D eigenvalue weighted by Gasteiger charge is -2.40. The summed E-state index contributed by atoms with van der Waals surface area (Å²) < 4.78 is 0. The zero-order valence-electron chi connectivity index (χ0n) is 8.87. The Morgan fingerprint density at radius 1 is 1.33 bits per heavy atom. The fraction of sp³-hybridized carbons (Fsp3) is 0.500. The molecule has 3 nitrogen and oxygen atoms in total. The van der Waals surface area contributed by atoms with Crippen molar-refractivity contribution in [1.29, 1.82) is 0 Å². The van der Waals surface area contributed by atoms with E-state index >= 15 is 0 Å². The van der Waals surface area contributed by atoms with Crippen molar-refractivity contribution in [2.45, 2.75) is 19.0 Å². The van der Waals surface area contributed by atoms with Crippen LogP contribution in [0.1, 0.15) is 11.1 Å². The van der Waals surface area contributed by atoms with Gasteiger partial charge in [-0.25, -0.2) is 0 Å². The van der Waals surface area contributed by atoms with Gasteiger partial charge in [0.2, 0.25) is 0 Å². The largest absolute Gasteiger partial charge is 0.399 e. The Hall–Kier alpha value is -1.06. The number of benzene rings is 1. The van der Waals surface area contributed by atoms with E-state index in [1.165, 1.54) is 24.1 Å². The second-order valence-electron chi connectivity index (χ2n) is 4.56. The fourth-order valence-corrected chi connectivity index (χ4v) is 2.68. The van der Waals surface area contributed by atoms with Gasteiger partial charge in [0.1, 0.15) is 0 Å². The predicted molar refractivity (Wildman–Crippen MR) is 61.6 cm³/mol. The molecule has 0 spiro atoms. The number of hydrogen-bond acceptors (Lipinski definition) is 3. The van der Waals surface area contributed by atoms with Gasteiger partial charge in [0.15, 0.2) is 0 Å². The molecule has 0 aromatic heterocycles. The minimum atomic E-state index is 0.690. The van der Waals surface area contributed by atoms with E-state index in [1.54, 1.807) is 0 Å². The molecule has 0 radical (unpaired) electrons. The van der Waals surface area contributed by atoms with Gasteiger partial charge < -0.3 is 11.1 Å². The van der Waals surface area contributed by atoms with Crippen LogP contribution in [0.15, 0.2) is 18.2 Å². The van der Waals surface area contributed by atoms with E-state index in [-0.39, 0.29) is 0 Å². The monoisotopic (exact) mass is 203 g/mol. The summed E-state index contributed by atoms with van der Waals surface area (Å²) in [5, 5.41) is 3.46. The molecule has 1 fully saturated rings. The minimum Gasteiger partial charge on any atom is -0.399 e. The van der Waals surface area contributed by atoms with Crippen molar-refractivity contribution >= 4 is 5.69 Å². The van der Waals surface area contributed by atoms with Crippen molar-refractivity contribution in [1.82, 2.24) is 10.2 Å². The second-order valence-corrected chi connectivity index (χ2v) is 4.56. The lowest BCUT2D eigenvalue weighted by molar-refractivity contribution is 0.140. The van der Waals surface area contributed by atoms with Crippen LogP contribution in [-0.4, -0.2) is 30.6 Å². The summed E-state index contributed by atoms with van der Waals surface area (Å²) in [5.41, 5.74) is 9.61. The van der Waals surface area contributed by atoms with Gasteiger partial charge in [-0.2, -0.15) is 0 Å². The highest BCUT2D eigenvalue weighted by atomic mass is 15.2. The molecule has 0 amide bonds. The summed E-state index contributed by atoms with van der Waals surface area (Å²) in [7, 11) is 0. The van der Waals surface area contributed by atoms with Gasteiger partial charge in [0, 0.05) is 37.9 Å². The molecule has 2 aliphatic rings. The van der Waals surface area contributed by atoms with Crippen LogP contribution in [0, 0.1) is 0 Å². The summed E-state index contributed by atoms with van der Waals surface area (Å²) in [4.78, 5) is 2.57. The highest BCUT2D eigenvalue weighted by Crippen LogP contribution is 2.25. The van der Waals surface area contributed by atoms with Crippen LogP contribution in [0.5, 0.6) is 0 Å². The highest BCUT2D eigenvalue weighted by Gasteiger charge is 2.27. The molecule has 0 saturated carbocycles. The number of hydrogen-bond donors (Lipinski definition) is 2. The molecule has 1 atom stereocenters. The van der Waals surface area contributed by atoms with Gasteiger partial charge in [-0.15, -0.1) is 0 Å². The Morgan fingerprint density at radius 3 is 3.20 bits per heavy atom. The number of fused-ring (bicyclic) bond motifs is 2. The number of piperazine rings is 1. The third kappa shape index (κ3) is 1.62. The standard InChI is InChI=1S/C12H17N3/c13-11-2-1-9-6-12-7-14-3-4-15(12)8-10(9)5-11/h1-2,5,12,14H,3-4,6-8,13H2. The molecule has 1 saturated heterocycles. The first-order chi connectivity index (χ1) is 7.33. The van der Waals surface area contributed by atoms with Gasteiger partial charge in [-0.05, 0) is 29.7 Å². The van der Waals surface area contributed by atoms with E-state index in [0.29, 0.717) is 6.04 Å². The zero-order chi connectivity index (χ0) is 10.3. The topological polar surface area (TPSA) is 41.3 Å². The molecule has 1 unspecified atom stereocenters. The predicted octanol–water partition coefficient (Wildman–Crippen LogP) is 0.599. The Morgan fingerprint density at radius 2 is 2.27 bits per heavy atom. The molecule has 0 aliphatic carbocycles. The van der Waals surface area contributed by atoms with Crippen LogP contribution in [0.25, 0.3) is 0 Å². The van der Waals surface area contributed by atoms with Crippen LogP contribution in [0.3, 0.4) is 0 Å². The third-order valence-electron chi connectivity index (χ3n) is 3.53. The summed E-state index contributed by atoms with van der Waals surface area (Å²) in [6, 6.07) is 7.03. The molecule has 3 heteroatoms. The molecule has 1 aromatic rings. The average molecular weight is 203 g/mol. The van der Waals surface area contributed by atoms with Crippen LogP contribution < -0.4 is 11.1 Å². The van der Waals surface area contributed by atoms with Gasteiger partial charge >= 0.3 is 0 Å². The van der Waals surface area contributed by atoms with Crippen molar-refractivity contribution in [3.05, 3.63) is 29.3 Å². The van der Waals surface area contributed by atoms with E-state index in [2.05, 4.69) is 22.3 Å². The van der Waals surface area contributed by atoms with Gasteiger partial charge in [-0.1, -0.05) is 6.07 Å². The van der Waals surface area contributed by atoms with E-state index in [1.807, 2.05) is 6.07 Å². The number of nitrogens with one attached hydrogen (secondary N) is 1. The molecule has 3 N–H and O–H groups in total. The summed E-state index contributed by atoms with van der Waals surface area (Å²) in [5.74, 6) is 0. The number of nitrogens with two attached hydrogens (primary N) is 1. The third-order valence-corrected chi connectivity index (χ3v) is 3.53. The van der Waals surface area contributed by atoms with E-state index in [9.17, 15) is 0 Å². The lowest BCUT2D eigenvalue weighted by atomic mass is 9.92. The van der Waals surface area contributed by atoms with Crippen molar-refractivity contribution in [2.24, 2.45) is 0 Å². The minimum absolute atomic E-state index is 0.690. The second kappa shape index (κ2) is 3.51. The lowest BCUT2D eigenvalue weighted by Crippen LogP contribution is -2.53. The molecule has 80 valence electrons. The number of nitrogens with zero attached hydrogens (tertiary/aromatic N) is 1. The fourth-order valence-electron chi connectivity index (χ4n) is 2.68. The normalized spacial score (nSPS) is 25.7. The van der Waals surface area contributed by atoms with E-state index in [0.717, 1.165) is 25.3 Å². The molecule has 3 rings (SSSR count). The maximum atomic E-state index is 5.82. The van der Waals surface area contributed by atoms with Crippen molar-refractivity contribution < 1.29 is 0 Å². The summed E-state index contributed by atoms with van der Waals surface area (Å²) in [6.45, 7) is 4.49. The van der Waals surface area contributed by atoms with Gasteiger partial charge in [0.25, 0.3) is 0 Å². The smallest absolute Gasteiger partial charge is 0.0317 e. The number of anilines is 1. The number of nitrogen functional groups attached to an aromatic ring is 1. The quantitative estimate of drug-likeness (QED) is 0.607. The number of rotatable bonds is 0. The molecule has 0 bridgehead atoms. The maximum Gasteiger partial charge on any atom is 0.0317 e. The van der Waals surface area contributed by atoms with Gasteiger partial charge in [0.05, 0.1) is 0 Å². The van der Waals surface area contributed by atoms with Gasteiger partial charge in [-0.3, -0.25) is 4.90 Å². The zero-order valence-corrected chi connectivity index (χ0v) is 8.87. The summed E-state index contributed by atoms with van der Waals surface area (Å²) in [6.07, 6.45) is 1.17. The van der Waals surface area contributed by atoms with E-state index in [4.69, 9.17) is 5.73 Å². The van der Waals surface area contributed by atoms with Crippen molar-refractivity contribution in [3.8, 4) is 0 Å². The van der Waals surface area contributed by atoms with Crippen molar-refractivity contribution in [3.63, 3.8) is 0 Å². The van der Waals surface area contributed by atoms with Crippen LogP contribution in [0.4, 0.5) is 5.69 Å². The molecular formula is C12H17N3. The first-order valence-electron chi connectivity index (χ1n) is 5.65. The average Bonchev–Trinajstić information content (AvgIpc) is 2.26. The maximum absolute atomic E-state index is 5.82. The summed E-state index contributed by atoms with van der Waals surface area (Å²) >= 11 is 0. The Bertz CT molecular complexity index is 375. The Kier molecular flexibility index (Phi) is 2.15. The Labute approximate surface area is 90.3 Å². The first kappa shape index (κ1) is 9.19. The van der Waals surface area contributed by atoms with E-state index < -0.39 is 0 Å². The molecule has 15 heavy (non-hydrogen) atoms. The van der Waals surface area contributed by atoms with Crippen LogP contribution >= 0.6 is 0 Å². The van der Waals surface area contributed by atoms with Crippen LogP contribution in [-0.2, 0) is 13.0 Å².